The highest BCUT2D eigenvalue weighted by molar-refractivity contribution is 6.10. The summed E-state index contributed by atoms with van der Waals surface area (Å²) in [6.45, 7) is 2.91. The molecule has 0 aliphatic carbocycles. The van der Waals surface area contributed by atoms with Gasteiger partial charge in [0.15, 0.2) is 11.5 Å². The second-order valence-corrected chi connectivity index (χ2v) is 8.07. The molecular weight excluding hydrogens is 440 g/mol. The lowest BCUT2D eigenvalue weighted by atomic mass is 10.0. The predicted molar refractivity (Wildman–Crippen MR) is 133 cm³/mol. The maximum Gasteiger partial charge on any atom is 0.266 e. The van der Waals surface area contributed by atoms with E-state index in [0.717, 1.165) is 16.8 Å². The summed E-state index contributed by atoms with van der Waals surface area (Å²) in [5.74, 6) is 0.823. The molecule has 0 spiro atoms. The van der Waals surface area contributed by atoms with Crippen molar-refractivity contribution in [3.05, 3.63) is 95.7 Å². The SMILES string of the molecule is Cc1cccc(NC(=O)C(C#N)=Cc2cn(-c3ccccc3)nc2-c2ccc3c(c2)OCCO3)c1. The number of nitrogens with zero attached hydrogens (tertiary/aromatic N) is 3. The first kappa shape index (κ1) is 22.0. The monoisotopic (exact) mass is 462 g/mol. The lowest BCUT2D eigenvalue weighted by molar-refractivity contribution is -0.112. The molecule has 172 valence electrons. The number of nitriles is 1. The molecule has 0 atom stereocenters. The van der Waals surface area contributed by atoms with Crippen molar-refractivity contribution in [1.29, 1.82) is 5.26 Å². The summed E-state index contributed by atoms with van der Waals surface area (Å²) < 4.78 is 13.1. The standard InChI is InChI=1S/C28H22N4O3/c1-19-6-5-7-23(14-19)30-28(33)21(17-29)15-22-18-32(24-8-3-2-4-9-24)31-27(22)20-10-11-25-26(16-20)35-13-12-34-25/h2-11,14-16,18H,12-13H2,1H3,(H,30,33). The van der Waals surface area contributed by atoms with Crippen LogP contribution in [0.15, 0.2) is 84.6 Å². The molecule has 7 nitrogen and oxygen atoms in total. The Bertz CT molecular complexity index is 1470. The van der Waals surface area contributed by atoms with Gasteiger partial charge >= 0.3 is 0 Å². The summed E-state index contributed by atoms with van der Waals surface area (Å²) >= 11 is 0. The molecule has 4 aromatic rings. The zero-order valence-electron chi connectivity index (χ0n) is 19.1. The number of para-hydroxylation sites is 1. The number of anilines is 1. The number of carbonyl (C=O) groups is 1. The van der Waals surface area contributed by atoms with Crippen LogP contribution in [-0.2, 0) is 4.79 Å². The zero-order chi connectivity index (χ0) is 24.2. The molecule has 7 heteroatoms. The number of hydrogen-bond donors (Lipinski definition) is 1. The minimum atomic E-state index is -0.487. The van der Waals surface area contributed by atoms with Crippen molar-refractivity contribution in [3.63, 3.8) is 0 Å². The van der Waals surface area contributed by atoms with E-state index in [-0.39, 0.29) is 5.57 Å². The molecule has 1 aliphatic rings. The highest BCUT2D eigenvalue weighted by atomic mass is 16.6. The summed E-state index contributed by atoms with van der Waals surface area (Å²) in [6.07, 6.45) is 3.36. The number of ether oxygens (including phenoxy) is 2. The summed E-state index contributed by atoms with van der Waals surface area (Å²) in [7, 11) is 0. The molecule has 0 saturated carbocycles. The third kappa shape index (κ3) is 4.77. The lowest BCUT2D eigenvalue weighted by Gasteiger charge is -2.18. The molecule has 5 rings (SSSR count). The number of nitrogens with one attached hydrogen (secondary N) is 1. The minimum Gasteiger partial charge on any atom is -0.486 e. The molecule has 2 heterocycles. The number of rotatable bonds is 5. The van der Waals surface area contributed by atoms with Gasteiger partial charge in [-0.1, -0.05) is 30.3 Å². The third-order valence-electron chi connectivity index (χ3n) is 5.52. The van der Waals surface area contributed by atoms with Gasteiger partial charge in [-0.25, -0.2) is 4.68 Å². The van der Waals surface area contributed by atoms with Crippen molar-refractivity contribution in [2.24, 2.45) is 0 Å². The molecule has 0 bridgehead atoms. The fourth-order valence-corrected chi connectivity index (χ4v) is 3.85. The predicted octanol–water partition coefficient (Wildman–Crippen LogP) is 5.16. The van der Waals surface area contributed by atoms with E-state index in [4.69, 9.17) is 14.6 Å². The van der Waals surface area contributed by atoms with Crippen LogP contribution in [-0.4, -0.2) is 28.9 Å². The van der Waals surface area contributed by atoms with E-state index in [9.17, 15) is 10.1 Å². The number of carbonyl (C=O) groups excluding carboxylic acids is 1. The average molecular weight is 463 g/mol. The largest absolute Gasteiger partial charge is 0.486 e. The Morgan fingerprint density at radius 1 is 1.03 bits per heavy atom. The van der Waals surface area contributed by atoms with Gasteiger partial charge in [-0.15, -0.1) is 0 Å². The van der Waals surface area contributed by atoms with Crippen molar-refractivity contribution >= 4 is 17.7 Å². The van der Waals surface area contributed by atoms with Crippen LogP contribution in [0.25, 0.3) is 23.0 Å². The van der Waals surface area contributed by atoms with Crippen molar-refractivity contribution < 1.29 is 14.3 Å². The van der Waals surface area contributed by atoms with Crippen molar-refractivity contribution in [1.82, 2.24) is 9.78 Å². The number of hydrogen-bond acceptors (Lipinski definition) is 5. The Morgan fingerprint density at radius 2 is 1.83 bits per heavy atom. The topological polar surface area (TPSA) is 89.2 Å². The molecule has 35 heavy (non-hydrogen) atoms. The quantitative estimate of drug-likeness (QED) is 0.327. The number of aromatic nitrogens is 2. The molecule has 0 radical (unpaired) electrons. The molecule has 1 aromatic heterocycles. The molecular formula is C28H22N4O3. The van der Waals surface area contributed by atoms with E-state index in [0.29, 0.717) is 41.7 Å². The van der Waals surface area contributed by atoms with Crippen molar-refractivity contribution in [2.45, 2.75) is 6.92 Å². The Morgan fingerprint density at radius 3 is 2.60 bits per heavy atom. The first-order valence-electron chi connectivity index (χ1n) is 11.2. The maximum atomic E-state index is 12.9. The number of aryl methyl sites for hydroxylation is 1. The number of benzene rings is 3. The Hall–Kier alpha value is -4.83. The molecule has 1 N–H and O–H groups in total. The van der Waals surface area contributed by atoms with Crippen LogP contribution < -0.4 is 14.8 Å². The van der Waals surface area contributed by atoms with Crippen LogP contribution >= 0.6 is 0 Å². The fraction of sp³-hybridized carbons (Fsp3) is 0.107. The van der Waals surface area contributed by atoms with Crippen LogP contribution in [0.4, 0.5) is 5.69 Å². The van der Waals surface area contributed by atoms with Gasteiger partial charge in [0.2, 0.25) is 0 Å². The van der Waals surface area contributed by atoms with Gasteiger partial charge in [-0.3, -0.25) is 4.79 Å². The highest BCUT2D eigenvalue weighted by Gasteiger charge is 2.18. The van der Waals surface area contributed by atoms with Gasteiger partial charge in [0.1, 0.15) is 30.6 Å². The first-order valence-corrected chi connectivity index (χ1v) is 11.2. The van der Waals surface area contributed by atoms with Gasteiger partial charge in [-0.05, 0) is 61.0 Å². The number of amides is 1. The fourth-order valence-electron chi connectivity index (χ4n) is 3.85. The van der Waals surface area contributed by atoms with Gasteiger partial charge in [0.25, 0.3) is 5.91 Å². The van der Waals surface area contributed by atoms with Gasteiger partial charge in [0.05, 0.1) is 5.69 Å². The molecule has 0 fully saturated rings. The molecule has 0 saturated heterocycles. The molecule has 1 amide bonds. The summed E-state index contributed by atoms with van der Waals surface area (Å²) in [5.41, 5.74) is 4.49. The normalized spacial score (nSPS) is 12.6. The van der Waals surface area contributed by atoms with Crippen LogP contribution in [0.5, 0.6) is 11.5 Å². The summed E-state index contributed by atoms with van der Waals surface area (Å²) in [6, 6.07) is 24.7. The van der Waals surface area contributed by atoms with E-state index in [1.54, 1.807) is 23.0 Å². The second kappa shape index (κ2) is 9.57. The Labute approximate surface area is 202 Å². The summed E-state index contributed by atoms with van der Waals surface area (Å²) in [4.78, 5) is 12.9. The minimum absolute atomic E-state index is 0.0297. The van der Waals surface area contributed by atoms with E-state index in [1.807, 2.05) is 79.7 Å². The van der Waals surface area contributed by atoms with Crippen molar-refractivity contribution in [3.8, 4) is 34.5 Å². The highest BCUT2D eigenvalue weighted by Crippen LogP contribution is 2.36. The smallest absolute Gasteiger partial charge is 0.266 e. The number of fused-ring (bicyclic) bond motifs is 1. The van der Waals surface area contributed by atoms with Crippen molar-refractivity contribution in [2.75, 3.05) is 18.5 Å². The van der Waals surface area contributed by atoms with E-state index in [2.05, 4.69) is 5.32 Å². The molecule has 1 aliphatic heterocycles. The van der Waals surface area contributed by atoms with Gasteiger partial charge in [-0.2, -0.15) is 10.4 Å². The average Bonchev–Trinajstić information content (AvgIpc) is 3.31. The van der Waals surface area contributed by atoms with Crippen LogP contribution in [0.2, 0.25) is 0 Å². The van der Waals surface area contributed by atoms with Gasteiger partial charge in [0, 0.05) is 23.0 Å². The zero-order valence-corrected chi connectivity index (χ0v) is 19.1. The lowest BCUT2D eigenvalue weighted by Crippen LogP contribution is -2.15. The maximum absolute atomic E-state index is 12.9. The summed E-state index contributed by atoms with van der Waals surface area (Å²) in [5, 5.41) is 17.4. The Kier molecular flexibility index (Phi) is 6.01. The van der Waals surface area contributed by atoms with Crippen LogP contribution in [0.1, 0.15) is 11.1 Å². The van der Waals surface area contributed by atoms with E-state index >= 15 is 0 Å². The van der Waals surface area contributed by atoms with E-state index in [1.165, 1.54) is 0 Å². The molecule has 0 unspecified atom stereocenters. The molecule has 3 aromatic carbocycles. The van der Waals surface area contributed by atoms with Crippen LogP contribution in [0, 0.1) is 18.3 Å². The van der Waals surface area contributed by atoms with Crippen LogP contribution in [0.3, 0.4) is 0 Å². The van der Waals surface area contributed by atoms with Gasteiger partial charge < -0.3 is 14.8 Å². The first-order chi connectivity index (χ1) is 17.1. The van der Waals surface area contributed by atoms with E-state index < -0.39 is 5.91 Å². The third-order valence-corrected chi connectivity index (χ3v) is 5.52. The second-order valence-electron chi connectivity index (χ2n) is 8.07. The Balaban J connectivity index is 1.56.